The van der Waals surface area contributed by atoms with Gasteiger partial charge in [-0.15, -0.1) is 0 Å². The number of aliphatic imine (C=N–C) groups is 1. The molecule has 4 heteroatoms. The third-order valence-corrected chi connectivity index (χ3v) is 3.81. The van der Waals surface area contributed by atoms with E-state index in [0.717, 1.165) is 19.4 Å². The van der Waals surface area contributed by atoms with Crippen molar-refractivity contribution in [3.8, 4) is 0 Å². The number of carbonyl (C=O) groups is 1. The van der Waals surface area contributed by atoms with E-state index in [1.54, 1.807) is 25.1 Å². The number of aliphatic hydroxyl groups excluding tert-OH is 1. The summed E-state index contributed by atoms with van der Waals surface area (Å²) < 4.78 is 5.51. The average molecular weight is 271 g/mol. The van der Waals surface area contributed by atoms with Crippen molar-refractivity contribution in [3.05, 3.63) is 41.0 Å². The second-order valence-electron chi connectivity index (χ2n) is 5.16. The van der Waals surface area contributed by atoms with Gasteiger partial charge in [0, 0.05) is 23.4 Å². The summed E-state index contributed by atoms with van der Waals surface area (Å²) in [6.45, 7) is 3.11. The van der Waals surface area contributed by atoms with Gasteiger partial charge in [0.05, 0.1) is 18.2 Å². The molecule has 1 aromatic rings. The topological polar surface area (TPSA) is 58.9 Å². The number of Topliss-reactive ketones (excluding diaryl/α,β-unsaturated/α-hetero) is 1. The molecule has 1 aliphatic carbocycles. The van der Waals surface area contributed by atoms with E-state index in [4.69, 9.17) is 4.74 Å². The highest BCUT2D eigenvalue weighted by atomic mass is 16.5. The minimum atomic E-state index is -0.147. The number of allylic oxidation sites excluding steroid dienone is 1. The third-order valence-electron chi connectivity index (χ3n) is 3.81. The zero-order valence-electron chi connectivity index (χ0n) is 11.4. The molecule has 0 saturated carbocycles. The van der Waals surface area contributed by atoms with Crippen LogP contribution >= 0.6 is 0 Å². The highest BCUT2D eigenvalue weighted by Crippen LogP contribution is 2.31. The molecule has 0 bridgehead atoms. The first kappa shape index (κ1) is 13.1. The Balaban J connectivity index is 1.85. The van der Waals surface area contributed by atoms with Gasteiger partial charge in [0.2, 0.25) is 0 Å². The number of nitrogens with zero attached hydrogens (tertiary/aromatic N) is 1. The minimum Gasteiger partial charge on any atom is -0.506 e. The molecule has 0 radical (unpaired) electrons. The van der Waals surface area contributed by atoms with Gasteiger partial charge in [-0.25, -0.2) is 0 Å². The molecule has 3 rings (SSSR count). The molecule has 2 aliphatic rings. The van der Waals surface area contributed by atoms with Crippen molar-refractivity contribution in [2.75, 3.05) is 13.2 Å². The monoisotopic (exact) mass is 271 g/mol. The van der Waals surface area contributed by atoms with Gasteiger partial charge < -0.3 is 9.84 Å². The van der Waals surface area contributed by atoms with Crippen molar-refractivity contribution < 1.29 is 14.6 Å². The third kappa shape index (κ3) is 2.16. The summed E-state index contributed by atoms with van der Waals surface area (Å²) >= 11 is 0. The van der Waals surface area contributed by atoms with Crippen LogP contribution in [0.5, 0.6) is 0 Å². The summed E-state index contributed by atoms with van der Waals surface area (Å²) in [5.41, 5.74) is 2.05. The number of ether oxygens (including phenoxy) is 1. The van der Waals surface area contributed by atoms with E-state index < -0.39 is 0 Å². The van der Waals surface area contributed by atoms with E-state index in [1.165, 1.54) is 0 Å². The van der Waals surface area contributed by atoms with Crippen LogP contribution in [0.4, 0.5) is 0 Å². The first-order chi connectivity index (χ1) is 9.68. The molecule has 0 unspecified atom stereocenters. The number of hydrogen-bond donors (Lipinski definition) is 1. The molecule has 1 N–H and O–H groups in total. The summed E-state index contributed by atoms with van der Waals surface area (Å²) in [6.07, 6.45) is 2.22. The maximum Gasteiger partial charge on any atom is 0.199 e. The molecular formula is C16H17NO3. The first-order valence-electron chi connectivity index (χ1n) is 6.89. The molecule has 4 nitrogen and oxygen atoms in total. The summed E-state index contributed by atoms with van der Waals surface area (Å²) in [5.74, 6) is -0.106. The maximum atomic E-state index is 12.3. The zero-order valence-corrected chi connectivity index (χ0v) is 11.4. The highest BCUT2D eigenvalue weighted by Gasteiger charge is 2.30. The lowest BCUT2D eigenvalue weighted by molar-refractivity contribution is 0.104. The summed E-state index contributed by atoms with van der Waals surface area (Å²) in [7, 11) is 0. The molecule has 0 aromatic heterocycles. The molecule has 20 heavy (non-hydrogen) atoms. The van der Waals surface area contributed by atoms with Gasteiger partial charge in [-0.1, -0.05) is 24.3 Å². The Hall–Kier alpha value is -1.94. The highest BCUT2D eigenvalue weighted by molar-refractivity contribution is 6.35. The van der Waals surface area contributed by atoms with Crippen LogP contribution in [-0.2, 0) is 4.74 Å². The average Bonchev–Trinajstić information content (AvgIpc) is 3.05. The van der Waals surface area contributed by atoms with Crippen LogP contribution in [0, 0.1) is 0 Å². The van der Waals surface area contributed by atoms with Gasteiger partial charge >= 0.3 is 0 Å². The molecule has 1 aliphatic heterocycles. The van der Waals surface area contributed by atoms with E-state index in [9.17, 15) is 9.90 Å². The molecule has 104 valence electrons. The molecular weight excluding hydrogens is 254 g/mol. The molecule has 1 fully saturated rings. The van der Waals surface area contributed by atoms with Gasteiger partial charge in [0.1, 0.15) is 5.76 Å². The van der Waals surface area contributed by atoms with Gasteiger partial charge in [0.15, 0.2) is 5.78 Å². The number of ketones is 1. The van der Waals surface area contributed by atoms with E-state index in [-0.39, 0.29) is 17.6 Å². The van der Waals surface area contributed by atoms with Gasteiger partial charge in [0.25, 0.3) is 0 Å². The number of benzene rings is 1. The zero-order chi connectivity index (χ0) is 14.1. The van der Waals surface area contributed by atoms with Crippen LogP contribution in [0.25, 0.3) is 5.76 Å². The largest absolute Gasteiger partial charge is 0.506 e. The van der Waals surface area contributed by atoms with E-state index in [2.05, 4.69) is 4.99 Å². The van der Waals surface area contributed by atoms with Crippen molar-refractivity contribution in [2.24, 2.45) is 4.99 Å². The van der Waals surface area contributed by atoms with E-state index in [1.807, 2.05) is 6.07 Å². The normalized spacial score (nSPS) is 22.6. The van der Waals surface area contributed by atoms with E-state index in [0.29, 0.717) is 29.0 Å². The Morgan fingerprint density at radius 1 is 1.40 bits per heavy atom. The van der Waals surface area contributed by atoms with Gasteiger partial charge in [-0.2, -0.15) is 0 Å². The fourth-order valence-corrected chi connectivity index (χ4v) is 2.71. The lowest BCUT2D eigenvalue weighted by Gasteiger charge is -2.07. The predicted octanol–water partition coefficient (Wildman–Crippen LogP) is 2.79. The maximum absolute atomic E-state index is 12.3. The number of fused-ring (bicyclic) bond motifs is 1. The second-order valence-corrected chi connectivity index (χ2v) is 5.16. The second kappa shape index (κ2) is 5.21. The fourth-order valence-electron chi connectivity index (χ4n) is 2.71. The first-order valence-corrected chi connectivity index (χ1v) is 6.89. The quantitative estimate of drug-likeness (QED) is 0.860. The molecule has 0 spiro atoms. The summed E-state index contributed by atoms with van der Waals surface area (Å²) in [4.78, 5) is 16.7. The lowest BCUT2D eigenvalue weighted by atomic mass is 10.1. The van der Waals surface area contributed by atoms with Crippen molar-refractivity contribution in [2.45, 2.75) is 25.9 Å². The molecule has 1 aromatic carbocycles. The Labute approximate surface area is 117 Å². The Morgan fingerprint density at radius 3 is 2.80 bits per heavy atom. The standard InChI is InChI=1S/C16H17NO3/c1-10(17-9-11-5-4-8-20-11)14-15(18)12-6-2-3-7-13(12)16(14)19/h2-3,6-7,11,18H,4-5,8-9H2,1H3/t11-/m0/s1. The van der Waals surface area contributed by atoms with Crippen molar-refractivity contribution in [1.29, 1.82) is 0 Å². The minimum absolute atomic E-state index is 0.0409. The van der Waals surface area contributed by atoms with Crippen LogP contribution in [0.2, 0.25) is 0 Å². The summed E-state index contributed by atoms with van der Waals surface area (Å²) in [6, 6.07) is 7.09. The van der Waals surface area contributed by atoms with E-state index >= 15 is 0 Å². The molecule has 0 amide bonds. The molecule has 1 heterocycles. The van der Waals surface area contributed by atoms with Crippen molar-refractivity contribution >= 4 is 17.3 Å². The number of carbonyl (C=O) groups excluding carboxylic acids is 1. The lowest BCUT2D eigenvalue weighted by Crippen LogP contribution is -2.13. The van der Waals surface area contributed by atoms with Crippen molar-refractivity contribution in [3.63, 3.8) is 0 Å². The Bertz CT molecular complexity index is 610. The Kier molecular flexibility index (Phi) is 3.40. The van der Waals surface area contributed by atoms with Crippen LogP contribution in [0.3, 0.4) is 0 Å². The van der Waals surface area contributed by atoms with Crippen LogP contribution in [0.15, 0.2) is 34.8 Å². The van der Waals surface area contributed by atoms with Crippen LogP contribution < -0.4 is 0 Å². The van der Waals surface area contributed by atoms with Gasteiger partial charge in [-0.05, 0) is 19.8 Å². The summed E-state index contributed by atoms with van der Waals surface area (Å²) in [5, 5.41) is 10.2. The Morgan fingerprint density at radius 2 is 2.15 bits per heavy atom. The molecule has 1 atom stereocenters. The predicted molar refractivity (Wildman–Crippen MR) is 77.3 cm³/mol. The fraction of sp³-hybridized carbons (Fsp3) is 0.375. The van der Waals surface area contributed by atoms with Gasteiger partial charge in [-0.3, -0.25) is 9.79 Å². The molecule has 1 saturated heterocycles. The number of hydrogen-bond acceptors (Lipinski definition) is 4. The van der Waals surface area contributed by atoms with Crippen LogP contribution in [0.1, 0.15) is 35.7 Å². The SMILES string of the molecule is CC(=NC[C@@H]1CCCO1)C1=C(O)c2ccccc2C1=O. The van der Waals surface area contributed by atoms with Crippen molar-refractivity contribution in [1.82, 2.24) is 0 Å². The number of rotatable bonds is 3. The van der Waals surface area contributed by atoms with Crippen LogP contribution in [-0.4, -0.2) is 35.9 Å². The smallest absolute Gasteiger partial charge is 0.199 e. The number of aliphatic hydroxyl groups is 1.